The van der Waals surface area contributed by atoms with Crippen LogP contribution in [-0.4, -0.2) is 22.2 Å². The van der Waals surface area contributed by atoms with Crippen molar-refractivity contribution in [2.75, 3.05) is 0 Å². The summed E-state index contributed by atoms with van der Waals surface area (Å²) in [6.07, 6.45) is -1.74. The summed E-state index contributed by atoms with van der Waals surface area (Å²) in [6, 6.07) is 9.93. The molecule has 0 spiro atoms. The number of benzene rings is 1. The molecule has 1 saturated heterocycles. The number of hydrogen-bond donors (Lipinski definition) is 2. The fourth-order valence-corrected chi connectivity index (χ4v) is 3.14. The van der Waals surface area contributed by atoms with Gasteiger partial charge < -0.3 is 9.84 Å². The van der Waals surface area contributed by atoms with Crippen LogP contribution in [0.1, 0.15) is 24.8 Å². The smallest absolute Gasteiger partial charge is 0.450 e. The number of ether oxygens (including phenoxy) is 1. The van der Waals surface area contributed by atoms with Gasteiger partial charge in [0.25, 0.3) is 0 Å². The highest BCUT2D eigenvalue weighted by molar-refractivity contribution is 8.01. The molecule has 17 heavy (non-hydrogen) atoms. The summed E-state index contributed by atoms with van der Waals surface area (Å²) in [4.78, 5) is 10.6. The molecule has 1 aromatic rings. The van der Waals surface area contributed by atoms with E-state index in [-0.39, 0.29) is 10.1 Å². The van der Waals surface area contributed by atoms with Crippen molar-refractivity contribution in [3.8, 4) is 0 Å². The van der Waals surface area contributed by atoms with Gasteiger partial charge in [-0.25, -0.2) is 4.79 Å². The van der Waals surface area contributed by atoms with E-state index in [4.69, 9.17) is 9.84 Å². The molecule has 2 unspecified atom stereocenters. The first kappa shape index (κ1) is 12.3. The van der Waals surface area contributed by atoms with Gasteiger partial charge in [-0.2, -0.15) is 0 Å². The maximum atomic E-state index is 10.6. The summed E-state index contributed by atoms with van der Waals surface area (Å²) in [5, 5.41) is 11.9. The fourth-order valence-electron chi connectivity index (χ4n) is 1.81. The van der Waals surface area contributed by atoms with Gasteiger partial charge in [-0.3, -0.25) is 5.32 Å². The van der Waals surface area contributed by atoms with Gasteiger partial charge in [-0.05, 0) is 19.4 Å². The molecule has 0 aromatic heterocycles. The van der Waals surface area contributed by atoms with Crippen molar-refractivity contribution >= 4 is 17.9 Å². The van der Waals surface area contributed by atoms with Crippen LogP contribution in [0.5, 0.6) is 0 Å². The summed E-state index contributed by atoms with van der Waals surface area (Å²) in [5.41, 5.74) is 1.13. The Morgan fingerprint density at radius 1 is 1.41 bits per heavy atom. The van der Waals surface area contributed by atoms with Crippen LogP contribution in [0.4, 0.5) is 4.79 Å². The van der Waals surface area contributed by atoms with Gasteiger partial charge in [0.1, 0.15) is 0 Å². The lowest BCUT2D eigenvalue weighted by Gasteiger charge is -2.23. The average Bonchev–Trinajstić information content (AvgIpc) is 2.55. The number of thioether (sulfide) groups is 1. The van der Waals surface area contributed by atoms with Crippen LogP contribution in [0.2, 0.25) is 0 Å². The van der Waals surface area contributed by atoms with E-state index in [1.54, 1.807) is 11.8 Å². The molecule has 0 amide bonds. The maximum Gasteiger partial charge on any atom is 0.507 e. The minimum atomic E-state index is -1.25. The summed E-state index contributed by atoms with van der Waals surface area (Å²) < 4.78 is 4.58. The van der Waals surface area contributed by atoms with Gasteiger partial charge >= 0.3 is 6.16 Å². The molecular formula is C12H15NO3S. The van der Waals surface area contributed by atoms with E-state index in [0.717, 1.165) is 5.56 Å². The Kier molecular flexibility index (Phi) is 3.31. The summed E-state index contributed by atoms with van der Waals surface area (Å²) in [5.74, 6) is 0. The molecule has 2 N–H and O–H groups in total. The fraction of sp³-hybridized carbons (Fsp3) is 0.417. The molecule has 0 aliphatic carbocycles. The normalized spacial score (nSPS) is 26.7. The number of rotatable bonds is 2. The number of carboxylic acid groups (broad SMARTS) is 1. The number of carbonyl (C=O) groups is 1. The van der Waals surface area contributed by atoms with Crippen LogP contribution in [-0.2, 0) is 4.74 Å². The Balaban J connectivity index is 2.13. The lowest BCUT2D eigenvalue weighted by Crippen LogP contribution is -2.40. The predicted molar refractivity (Wildman–Crippen MR) is 66.9 cm³/mol. The molecule has 0 radical (unpaired) electrons. The van der Waals surface area contributed by atoms with E-state index in [1.165, 1.54) is 0 Å². The molecule has 1 fully saturated rings. The Morgan fingerprint density at radius 2 is 2.06 bits per heavy atom. The third-order valence-electron chi connectivity index (χ3n) is 2.68. The standard InChI is InChI=1S/C12H15NO3S/c1-12(2)10(16-11(14)15)13-9(17-12)8-6-4-3-5-7-8/h3-7,9-10,13H,1-2H3,(H,14,15). The van der Waals surface area contributed by atoms with E-state index in [2.05, 4.69) is 5.32 Å². The average molecular weight is 253 g/mol. The van der Waals surface area contributed by atoms with Crippen molar-refractivity contribution in [3.63, 3.8) is 0 Å². The summed E-state index contributed by atoms with van der Waals surface area (Å²) >= 11 is 1.67. The van der Waals surface area contributed by atoms with E-state index >= 15 is 0 Å². The van der Waals surface area contributed by atoms with Crippen LogP contribution in [0, 0.1) is 0 Å². The molecule has 2 rings (SSSR count). The van der Waals surface area contributed by atoms with E-state index in [0.29, 0.717) is 0 Å². The zero-order chi connectivity index (χ0) is 12.5. The monoisotopic (exact) mass is 253 g/mol. The third-order valence-corrected chi connectivity index (χ3v) is 4.14. The first-order valence-electron chi connectivity index (χ1n) is 5.37. The molecule has 4 nitrogen and oxygen atoms in total. The van der Waals surface area contributed by atoms with Crippen LogP contribution in [0.15, 0.2) is 30.3 Å². The molecule has 1 aliphatic rings. The molecule has 1 aliphatic heterocycles. The molecular weight excluding hydrogens is 238 g/mol. The first-order chi connectivity index (χ1) is 7.99. The zero-order valence-corrected chi connectivity index (χ0v) is 10.5. The van der Waals surface area contributed by atoms with Gasteiger partial charge in [0.2, 0.25) is 0 Å². The van der Waals surface area contributed by atoms with E-state index in [9.17, 15) is 4.79 Å². The Bertz CT molecular complexity index is 407. The topological polar surface area (TPSA) is 58.6 Å². The highest BCUT2D eigenvalue weighted by Crippen LogP contribution is 2.45. The van der Waals surface area contributed by atoms with Gasteiger partial charge in [-0.1, -0.05) is 30.3 Å². The lowest BCUT2D eigenvalue weighted by atomic mass is 10.1. The molecule has 5 heteroatoms. The number of hydrogen-bond acceptors (Lipinski definition) is 4. The van der Waals surface area contributed by atoms with Gasteiger partial charge in [0.05, 0.1) is 10.1 Å². The van der Waals surface area contributed by atoms with E-state index < -0.39 is 12.4 Å². The Hall–Kier alpha value is -1.20. The van der Waals surface area contributed by atoms with Gasteiger partial charge in [0, 0.05) is 0 Å². The minimum absolute atomic E-state index is 0.0653. The summed E-state index contributed by atoms with van der Waals surface area (Å²) in [6.45, 7) is 3.95. The molecule has 1 aromatic carbocycles. The highest BCUT2D eigenvalue weighted by atomic mass is 32.2. The van der Waals surface area contributed by atoms with Crippen LogP contribution < -0.4 is 5.32 Å². The van der Waals surface area contributed by atoms with Gasteiger partial charge in [0.15, 0.2) is 6.23 Å². The minimum Gasteiger partial charge on any atom is -0.450 e. The summed E-state index contributed by atoms with van der Waals surface area (Å²) in [7, 11) is 0. The van der Waals surface area contributed by atoms with Crippen molar-refractivity contribution in [1.29, 1.82) is 0 Å². The SMILES string of the molecule is CC1(C)SC(c2ccccc2)NC1OC(=O)O. The number of nitrogens with one attached hydrogen (secondary N) is 1. The molecule has 1 heterocycles. The second-order valence-corrected chi connectivity index (χ2v) is 6.20. The first-order valence-corrected chi connectivity index (χ1v) is 6.25. The largest absolute Gasteiger partial charge is 0.507 e. The van der Waals surface area contributed by atoms with Gasteiger partial charge in [-0.15, -0.1) is 11.8 Å². The van der Waals surface area contributed by atoms with Crippen LogP contribution in [0.25, 0.3) is 0 Å². The highest BCUT2D eigenvalue weighted by Gasteiger charge is 2.44. The molecule has 2 atom stereocenters. The molecule has 0 bridgehead atoms. The van der Waals surface area contributed by atoms with Crippen molar-refractivity contribution in [1.82, 2.24) is 5.32 Å². The predicted octanol–water partition coefficient (Wildman–Crippen LogP) is 2.82. The van der Waals surface area contributed by atoms with Crippen molar-refractivity contribution < 1.29 is 14.6 Å². The van der Waals surface area contributed by atoms with E-state index in [1.807, 2.05) is 44.2 Å². The third kappa shape index (κ3) is 2.73. The maximum absolute atomic E-state index is 10.6. The second-order valence-electron chi connectivity index (χ2n) is 4.44. The Labute approximate surface area is 104 Å². The van der Waals surface area contributed by atoms with Crippen LogP contribution in [0.3, 0.4) is 0 Å². The quantitative estimate of drug-likeness (QED) is 0.794. The lowest BCUT2D eigenvalue weighted by molar-refractivity contribution is 0.0274. The van der Waals surface area contributed by atoms with Crippen molar-refractivity contribution in [2.24, 2.45) is 0 Å². The van der Waals surface area contributed by atoms with Crippen molar-refractivity contribution in [2.45, 2.75) is 30.2 Å². The zero-order valence-electron chi connectivity index (χ0n) is 9.71. The van der Waals surface area contributed by atoms with Crippen LogP contribution >= 0.6 is 11.8 Å². The molecule has 92 valence electrons. The Morgan fingerprint density at radius 3 is 2.65 bits per heavy atom. The van der Waals surface area contributed by atoms with Crippen molar-refractivity contribution in [3.05, 3.63) is 35.9 Å². The molecule has 0 saturated carbocycles. The second kappa shape index (κ2) is 4.58.